The van der Waals surface area contributed by atoms with Gasteiger partial charge in [0.1, 0.15) is 0 Å². The number of rotatable bonds is 4. The van der Waals surface area contributed by atoms with Crippen LogP contribution in [0.5, 0.6) is 0 Å². The van der Waals surface area contributed by atoms with Crippen molar-refractivity contribution < 1.29 is 9.59 Å². The molecule has 1 saturated carbocycles. The Balaban J connectivity index is 1.89. The second-order valence-corrected chi connectivity index (χ2v) is 7.41. The van der Waals surface area contributed by atoms with Crippen molar-refractivity contribution in [3.8, 4) is 0 Å². The van der Waals surface area contributed by atoms with Gasteiger partial charge in [-0.3, -0.25) is 9.59 Å². The minimum Gasteiger partial charge on any atom is -0.349 e. The molecule has 3 rings (SSSR count). The van der Waals surface area contributed by atoms with E-state index in [-0.39, 0.29) is 11.8 Å². The Kier molecular flexibility index (Phi) is 4.45. The Hall–Kier alpha value is -2.14. The number of nitrogens with one attached hydrogen (secondary N) is 1. The van der Waals surface area contributed by atoms with Crippen LogP contribution >= 0.6 is 11.3 Å². The molecule has 4 nitrogen and oxygen atoms in total. The van der Waals surface area contributed by atoms with Crippen LogP contribution in [0.4, 0.5) is 0 Å². The van der Waals surface area contributed by atoms with E-state index in [1.54, 1.807) is 4.90 Å². The van der Waals surface area contributed by atoms with Gasteiger partial charge in [-0.2, -0.15) is 0 Å². The molecule has 5 heteroatoms. The second-order valence-electron chi connectivity index (χ2n) is 6.36. The highest BCUT2D eigenvalue weighted by molar-refractivity contribution is 7.15. The van der Waals surface area contributed by atoms with Crippen molar-refractivity contribution in [1.29, 1.82) is 0 Å². The fraction of sp³-hybridized carbons (Fsp3) is 0.368. The Morgan fingerprint density at radius 3 is 2.71 bits per heavy atom. The van der Waals surface area contributed by atoms with Crippen molar-refractivity contribution in [2.45, 2.75) is 39.2 Å². The third kappa shape index (κ3) is 3.08. The van der Waals surface area contributed by atoms with E-state index in [1.165, 1.54) is 17.4 Å². The molecule has 24 heavy (non-hydrogen) atoms. The molecule has 0 radical (unpaired) electrons. The molecule has 1 fully saturated rings. The monoisotopic (exact) mass is 342 g/mol. The summed E-state index contributed by atoms with van der Waals surface area (Å²) in [4.78, 5) is 28.4. The van der Waals surface area contributed by atoms with Crippen molar-refractivity contribution in [2.75, 3.05) is 6.54 Å². The Morgan fingerprint density at radius 2 is 2.08 bits per heavy atom. The molecule has 0 atom stereocenters. The standard InChI is InChI=1S/C19H22N2O2S/c1-5-11(2)19(23)21-9-8-14-10-16(18(22)20-15-6-7-15)24-17(14)12(3)13(21)4/h5,10,15H,1-2,6-9H2,3-4H3,(H,20,22). The van der Waals surface area contributed by atoms with E-state index in [9.17, 15) is 9.59 Å². The summed E-state index contributed by atoms with van der Waals surface area (Å²) >= 11 is 1.52. The molecule has 1 aromatic heterocycles. The molecule has 2 aliphatic rings. The third-order valence-corrected chi connectivity index (χ3v) is 5.90. The number of nitrogens with zero attached hydrogens (tertiary/aromatic N) is 1. The van der Waals surface area contributed by atoms with Crippen LogP contribution in [0.15, 0.2) is 36.6 Å². The summed E-state index contributed by atoms with van der Waals surface area (Å²) in [6, 6.07) is 2.33. The number of hydrogen-bond acceptors (Lipinski definition) is 3. The minimum absolute atomic E-state index is 0.0222. The van der Waals surface area contributed by atoms with Gasteiger partial charge in [0.2, 0.25) is 0 Å². The largest absolute Gasteiger partial charge is 0.349 e. The fourth-order valence-electron chi connectivity index (χ4n) is 2.81. The van der Waals surface area contributed by atoms with Crippen LogP contribution < -0.4 is 5.32 Å². The molecular formula is C19H22N2O2S. The van der Waals surface area contributed by atoms with Crippen molar-refractivity contribution >= 4 is 28.7 Å². The molecule has 0 unspecified atom stereocenters. The number of amides is 2. The van der Waals surface area contributed by atoms with Crippen molar-refractivity contribution in [3.05, 3.63) is 51.9 Å². The molecule has 2 amide bonds. The first-order valence-electron chi connectivity index (χ1n) is 8.17. The predicted octanol–water partition coefficient (Wildman–Crippen LogP) is 3.52. The van der Waals surface area contributed by atoms with E-state index in [0.29, 0.717) is 18.2 Å². The topological polar surface area (TPSA) is 49.4 Å². The lowest BCUT2D eigenvalue weighted by Gasteiger charge is -2.23. The Labute approximate surface area is 146 Å². The lowest BCUT2D eigenvalue weighted by atomic mass is 10.1. The smallest absolute Gasteiger partial charge is 0.261 e. The van der Waals surface area contributed by atoms with Crippen LogP contribution in [0, 0.1) is 0 Å². The van der Waals surface area contributed by atoms with E-state index >= 15 is 0 Å². The number of carbonyl (C=O) groups excluding carboxylic acids is 2. The Bertz CT molecular complexity index is 768. The highest BCUT2D eigenvalue weighted by Gasteiger charge is 2.28. The van der Waals surface area contributed by atoms with Gasteiger partial charge >= 0.3 is 0 Å². The average Bonchev–Trinajstić information content (AvgIpc) is 3.30. The molecular weight excluding hydrogens is 320 g/mol. The molecule has 1 aliphatic heterocycles. The normalized spacial score (nSPS) is 17.2. The highest BCUT2D eigenvalue weighted by Crippen LogP contribution is 2.35. The number of hydrogen-bond donors (Lipinski definition) is 1. The molecule has 1 N–H and O–H groups in total. The summed E-state index contributed by atoms with van der Waals surface area (Å²) < 4.78 is 0. The molecule has 0 aromatic carbocycles. The first kappa shape index (κ1) is 16.7. The number of fused-ring (bicyclic) bond motifs is 1. The summed E-state index contributed by atoms with van der Waals surface area (Å²) in [7, 11) is 0. The number of thiophene rings is 1. The van der Waals surface area contributed by atoms with Crippen LogP contribution in [-0.2, 0) is 11.2 Å². The van der Waals surface area contributed by atoms with Gasteiger partial charge in [0, 0.05) is 28.7 Å². The van der Waals surface area contributed by atoms with E-state index < -0.39 is 0 Å². The van der Waals surface area contributed by atoms with Gasteiger partial charge in [-0.25, -0.2) is 0 Å². The highest BCUT2D eigenvalue weighted by atomic mass is 32.1. The molecule has 1 aromatic rings. The average molecular weight is 342 g/mol. The molecule has 126 valence electrons. The second kappa shape index (κ2) is 6.40. The first-order valence-corrected chi connectivity index (χ1v) is 8.98. The van der Waals surface area contributed by atoms with Crippen LogP contribution in [0.1, 0.15) is 46.8 Å². The summed E-state index contributed by atoms with van der Waals surface area (Å²) in [6.07, 6.45) is 4.39. The lowest BCUT2D eigenvalue weighted by Crippen LogP contribution is -2.31. The minimum atomic E-state index is -0.108. The van der Waals surface area contributed by atoms with Crippen LogP contribution in [0.2, 0.25) is 0 Å². The maximum atomic E-state index is 12.5. The molecule has 0 saturated heterocycles. The summed E-state index contributed by atoms with van der Waals surface area (Å²) in [5.74, 6) is -0.0855. The molecule has 2 heterocycles. The number of carbonyl (C=O) groups is 2. The zero-order valence-corrected chi connectivity index (χ0v) is 15.0. The van der Waals surface area contributed by atoms with Crippen LogP contribution in [-0.4, -0.2) is 29.3 Å². The fourth-order valence-corrected chi connectivity index (χ4v) is 3.97. The third-order valence-electron chi connectivity index (χ3n) is 4.60. The summed E-state index contributed by atoms with van der Waals surface area (Å²) in [5, 5.41) is 3.04. The van der Waals surface area contributed by atoms with Gasteiger partial charge in [0.25, 0.3) is 11.8 Å². The predicted molar refractivity (Wildman–Crippen MR) is 97.8 cm³/mol. The van der Waals surface area contributed by atoms with Gasteiger partial charge in [-0.15, -0.1) is 11.3 Å². The lowest BCUT2D eigenvalue weighted by molar-refractivity contribution is -0.124. The maximum absolute atomic E-state index is 12.5. The van der Waals surface area contributed by atoms with E-state index in [4.69, 9.17) is 0 Å². The molecule has 1 aliphatic carbocycles. The Morgan fingerprint density at radius 1 is 1.38 bits per heavy atom. The number of allylic oxidation sites excluding steroid dienone is 2. The zero-order chi connectivity index (χ0) is 17.4. The van der Waals surface area contributed by atoms with Crippen molar-refractivity contribution in [1.82, 2.24) is 10.2 Å². The first-order chi connectivity index (χ1) is 11.4. The van der Waals surface area contributed by atoms with Gasteiger partial charge in [-0.05, 0) is 50.3 Å². The van der Waals surface area contributed by atoms with Crippen molar-refractivity contribution in [3.63, 3.8) is 0 Å². The van der Waals surface area contributed by atoms with Crippen LogP contribution in [0.3, 0.4) is 0 Å². The van der Waals surface area contributed by atoms with E-state index in [1.807, 2.05) is 19.9 Å². The van der Waals surface area contributed by atoms with Gasteiger partial charge in [-0.1, -0.05) is 19.2 Å². The molecule has 0 bridgehead atoms. The van der Waals surface area contributed by atoms with E-state index in [2.05, 4.69) is 18.5 Å². The SMILES string of the molecule is C=CC(=C)C(=O)N1CCc2cc(C(=O)NC3CC3)sc2C(C)=C1C. The quantitative estimate of drug-likeness (QED) is 0.672. The molecule has 0 spiro atoms. The van der Waals surface area contributed by atoms with Gasteiger partial charge < -0.3 is 10.2 Å². The van der Waals surface area contributed by atoms with E-state index in [0.717, 1.165) is 45.9 Å². The zero-order valence-electron chi connectivity index (χ0n) is 14.1. The summed E-state index contributed by atoms with van der Waals surface area (Å²) in [5.41, 5.74) is 3.50. The summed E-state index contributed by atoms with van der Waals surface area (Å²) in [6.45, 7) is 11.9. The van der Waals surface area contributed by atoms with Gasteiger partial charge in [0.05, 0.1) is 4.88 Å². The van der Waals surface area contributed by atoms with Gasteiger partial charge in [0.15, 0.2) is 0 Å². The van der Waals surface area contributed by atoms with Crippen molar-refractivity contribution in [2.24, 2.45) is 0 Å². The van der Waals surface area contributed by atoms with Crippen LogP contribution in [0.25, 0.3) is 5.57 Å². The maximum Gasteiger partial charge on any atom is 0.261 e.